The SMILES string of the molecule is CN(CC1CCCC1N)C1CCOCC1. The van der Waals surface area contributed by atoms with Crippen molar-refractivity contribution in [2.45, 2.75) is 44.2 Å². The zero-order valence-electron chi connectivity index (χ0n) is 9.82. The molecule has 2 atom stereocenters. The number of nitrogens with two attached hydrogens (primary N) is 1. The molecule has 0 bridgehead atoms. The molecule has 1 heterocycles. The Balaban J connectivity index is 1.77. The Hall–Kier alpha value is -0.120. The van der Waals surface area contributed by atoms with Crippen LogP contribution in [0.2, 0.25) is 0 Å². The second kappa shape index (κ2) is 5.28. The summed E-state index contributed by atoms with van der Waals surface area (Å²) in [7, 11) is 2.25. The number of hydrogen-bond donors (Lipinski definition) is 1. The van der Waals surface area contributed by atoms with Crippen LogP contribution in [0.4, 0.5) is 0 Å². The van der Waals surface area contributed by atoms with Crippen LogP contribution in [-0.2, 0) is 4.74 Å². The van der Waals surface area contributed by atoms with E-state index >= 15 is 0 Å². The molecule has 2 N–H and O–H groups in total. The Morgan fingerprint density at radius 1 is 1.20 bits per heavy atom. The molecule has 0 aromatic carbocycles. The van der Waals surface area contributed by atoms with E-state index in [0.29, 0.717) is 6.04 Å². The molecule has 15 heavy (non-hydrogen) atoms. The normalized spacial score (nSPS) is 33.8. The summed E-state index contributed by atoms with van der Waals surface area (Å²) >= 11 is 0. The highest BCUT2D eigenvalue weighted by molar-refractivity contribution is 4.84. The van der Waals surface area contributed by atoms with Crippen LogP contribution in [0.3, 0.4) is 0 Å². The van der Waals surface area contributed by atoms with E-state index in [0.717, 1.165) is 25.2 Å². The van der Waals surface area contributed by atoms with Gasteiger partial charge in [0.25, 0.3) is 0 Å². The maximum atomic E-state index is 6.11. The summed E-state index contributed by atoms with van der Waals surface area (Å²) in [6, 6.07) is 1.18. The van der Waals surface area contributed by atoms with Crippen molar-refractivity contribution >= 4 is 0 Å². The van der Waals surface area contributed by atoms with Gasteiger partial charge >= 0.3 is 0 Å². The first-order valence-corrected chi connectivity index (χ1v) is 6.31. The first kappa shape index (κ1) is 11.4. The van der Waals surface area contributed by atoms with E-state index < -0.39 is 0 Å². The smallest absolute Gasteiger partial charge is 0.0480 e. The van der Waals surface area contributed by atoms with Gasteiger partial charge in [-0.1, -0.05) is 6.42 Å². The zero-order valence-corrected chi connectivity index (χ0v) is 9.82. The van der Waals surface area contributed by atoms with Gasteiger partial charge in [0.2, 0.25) is 0 Å². The van der Waals surface area contributed by atoms with Gasteiger partial charge in [-0.2, -0.15) is 0 Å². The van der Waals surface area contributed by atoms with Crippen LogP contribution in [0.15, 0.2) is 0 Å². The largest absolute Gasteiger partial charge is 0.381 e. The third-order valence-electron chi connectivity index (χ3n) is 4.05. The number of hydrogen-bond acceptors (Lipinski definition) is 3. The van der Waals surface area contributed by atoms with Gasteiger partial charge < -0.3 is 15.4 Å². The summed E-state index contributed by atoms with van der Waals surface area (Å²) in [4.78, 5) is 2.51. The highest BCUT2D eigenvalue weighted by atomic mass is 16.5. The van der Waals surface area contributed by atoms with Gasteiger partial charge in [-0.25, -0.2) is 0 Å². The molecule has 3 nitrogen and oxygen atoms in total. The molecule has 3 heteroatoms. The highest BCUT2D eigenvalue weighted by Crippen LogP contribution is 2.26. The molecule has 1 saturated heterocycles. The molecule has 0 aromatic heterocycles. The van der Waals surface area contributed by atoms with Crippen LogP contribution in [0.5, 0.6) is 0 Å². The average molecular weight is 212 g/mol. The predicted octanol–water partition coefficient (Wildman–Crippen LogP) is 1.22. The molecule has 0 spiro atoms. The van der Waals surface area contributed by atoms with E-state index in [1.165, 1.54) is 38.6 Å². The summed E-state index contributed by atoms with van der Waals surface area (Å²) in [5, 5.41) is 0. The van der Waals surface area contributed by atoms with Gasteiger partial charge in [0.15, 0.2) is 0 Å². The van der Waals surface area contributed by atoms with E-state index in [-0.39, 0.29) is 0 Å². The molecular weight excluding hydrogens is 188 g/mol. The van der Waals surface area contributed by atoms with E-state index in [1.807, 2.05) is 0 Å². The predicted molar refractivity (Wildman–Crippen MR) is 61.8 cm³/mol. The first-order valence-electron chi connectivity index (χ1n) is 6.31. The van der Waals surface area contributed by atoms with Crippen molar-refractivity contribution in [1.82, 2.24) is 4.90 Å². The van der Waals surface area contributed by atoms with Crippen molar-refractivity contribution in [3.05, 3.63) is 0 Å². The monoisotopic (exact) mass is 212 g/mol. The molecule has 0 radical (unpaired) electrons. The molecule has 2 unspecified atom stereocenters. The maximum Gasteiger partial charge on any atom is 0.0480 e. The summed E-state index contributed by atoms with van der Waals surface area (Å²) in [5.74, 6) is 0.734. The van der Waals surface area contributed by atoms with Crippen LogP contribution in [0.1, 0.15) is 32.1 Å². The van der Waals surface area contributed by atoms with Gasteiger partial charge in [-0.05, 0) is 38.6 Å². The lowest BCUT2D eigenvalue weighted by atomic mass is 10.0. The van der Waals surface area contributed by atoms with E-state index in [1.54, 1.807) is 0 Å². The molecule has 1 aliphatic heterocycles. The second-order valence-corrected chi connectivity index (χ2v) is 5.14. The van der Waals surface area contributed by atoms with Gasteiger partial charge in [0.05, 0.1) is 0 Å². The van der Waals surface area contributed by atoms with Crippen molar-refractivity contribution in [1.29, 1.82) is 0 Å². The summed E-state index contributed by atoms with van der Waals surface area (Å²) in [6.07, 6.45) is 6.27. The Morgan fingerprint density at radius 3 is 2.53 bits per heavy atom. The third-order valence-corrected chi connectivity index (χ3v) is 4.05. The number of rotatable bonds is 3. The molecule has 2 fully saturated rings. The second-order valence-electron chi connectivity index (χ2n) is 5.14. The molecule has 0 aromatic rings. The fourth-order valence-corrected chi connectivity index (χ4v) is 2.94. The zero-order chi connectivity index (χ0) is 10.7. The first-order chi connectivity index (χ1) is 7.27. The lowest BCUT2D eigenvalue weighted by Crippen LogP contribution is -2.42. The summed E-state index contributed by atoms with van der Waals surface area (Å²) < 4.78 is 5.39. The van der Waals surface area contributed by atoms with E-state index in [2.05, 4.69) is 11.9 Å². The van der Waals surface area contributed by atoms with Gasteiger partial charge in [-0.15, -0.1) is 0 Å². The molecule has 88 valence electrons. The van der Waals surface area contributed by atoms with Crippen molar-refractivity contribution in [3.63, 3.8) is 0 Å². The van der Waals surface area contributed by atoms with Gasteiger partial charge in [-0.3, -0.25) is 0 Å². The minimum Gasteiger partial charge on any atom is -0.381 e. The minimum absolute atomic E-state index is 0.451. The lowest BCUT2D eigenvalue weighted by molar-refractivity contribution is 0.0378. The van der Waals surface area contributed by atoms with Crippen LogP contribution < -0.4 is 5.73 Å². The van der Waals surface area contributed by atoms with Crippen molar-refractivity contribution in [3.8, 4) is 0 Å². The van der Waals surface area contributed by atoms with Gasteiger partial charge in [0.1, 0.15) is 0 Å². The summed E-state index contributed by atoms with van der Waals surface area (Å²) in [5.41, 5.74) is 6.11. The van der Waals surface area contributed by atoms with Gasteiger partial charge in [0, 0.05) is 31.8 Å². The highest BCUT2D eigenvalue weighted by Gasteiger charge is 2.27. The maximum absolute atomic E-state index is 6.11. The summed E-state index contributed by atoms with van der Waals surface area (Å²) in [6.45, 7) is 3.06. The Bertz CT molecular complexity index is 192. The Labute approximate surface area is 93.0 Å². The molecule has 2 aliphatic rings. The number of ether oxygens (including phenoxy) is 1. The lowest BCUT2D eigenvalue weighted by Gasteiger charge is -2.33. The average Bonchev–Trinajstić information content (AvgIpc) is 2.66. The Morgan fingerprint density at radius 2 is 1.93 bits per heavy atom. The van der Waals surface area contributed by atoms with E-state index in [9.17, 15) is 0 Å². The molecule has 0 amide bonds. The molecule has 2 rings (SSSR count). The molecular formula is C12H24N2O. The fourth-order valence-electron chi connectivity index (χ4n) is 2.94. The Kier molecular flexibility index (Phi) is 4.00. The number of nitrogens with zero attached hydrogens (tertiary/aromatic N) is 1. The van der Waals surface area contributed by atoms with Crippen molar-refractivity contribution in [2.75, 3.05) is 26.8 Å². The van der Waals surface area contributed by atoms with Crippen molar-refractivity contribution < 1.29 is 4.74 Å². The third kappa shape index (κ3) is 2.92. The van der Waals surface area contributed by atoms with Crippen molar-refractivity contribution in [2.24, 2.45) is 11.7 Å². The van der Waals surface area contributed by atoms with E-state index in [4.69, 9.17) is 10.5 Å². The molecule has 1 aliphatic carbocycles. The van der Waals surface area contributed by atoms with Crippen LogP contribution in [0.25, 0.3) is 0 Å². The van der Waals surface area contributed by atoms with Crippen LogP contribution >= 0.6 is 0 Å². The minimum atomic E-state index is 0.451. The fraction of sp³-hybridized carbons (Fsp3) is 1.00. The van der Waals surface area contributed by atoms with Crippen LogP contribution in [-0.4, -0.2) is 43.8 Å². The standard InChI is InChI=1S/C12H24N2O/c1-14(11-5-7-15-8-6-11)9-10-3-2-4-12(10)13/h10-12H,2-9,13H2,1H3. The topological polar surface area (TPSA) is 38.5 Å². The molecule has 1 saturated carbocycles. The van der Waals surface area contributed by atoms with Crippen LogP contribution in [0, 0.1) is 5.92 Å². The quantitative estimate of drug-likeness (QED) is 0.764.